The smallest absolute Gasteiger partial charge is 0.266 e. The average molecular weight is 301 g/mol. The summed E-state index contributed by atoms with van der Waals surface area (Å²) in [6.07, 6.45) is 4.84. The lowest BCUT2D eigenvalue weighted by Gasteiger charge is -2.40. The molecule has 2 aromatic rings. The van der Waals surface area contributed by atoms with E-state index in [-0.39, 0.29) is 11.5 Å². The fourth-order valence-corrected chi connectivity index (χ4v) is 2.83. The van der Waals surface area contributed by atoms with E-state index in [0.717, 1.165) is 18.5 Å². The Balaban J connectivity index is 1.43. The number of anilines is 1. The molecule has 1 saturated heterocycles. The van der Waals surface area contributed by atoms with E-state index in [9.17, 15) is 9.18 Å². The molecular formula is C15H16FN5O. The summed E-state index contributed by atoms with van der Waals surface area (Å²) in [4.78, 5) is 21.4. The molecule has 0 amide bonds. The molecule has 2 aromatic heterocycles. The van der Waals surface area contributed by atoms with Crippen LogP contribution in [-0.2, 0) is 6.54 Å². The van der Waals surface area contributed by atoms with Crippen molar-refractivity contribution in [3.63, 3.8) is 0 Å². The SMILES string of the molecule is O=c1ccc(C2CC2)nn1CC1CN(c2ncncc2F)C1. The minimum atomic E-state index is -0.410. The molecule has 0 N–H and O–H groups in total. The van der Waals surface area contributed by atoms with Crippen LogP contribution in [0.15, 0.2) is 29.5 Å². The number of aromatic nitrogens is 4. The number of rotatable bonds is 4. The second-order valence-electron chi connectivity index (χ2n) is 6.02. The van der Waals surface area contributed by atoms with E-state index < -0.39 is 5.82 Å². The van der Waals surface area contributed by atoms with Gasteiger partial charge in [-0.25, -0.2) is 19.0 Å². The predicted octanol–water partition coefficient (Wildman–Crippen LogP) is 1.19. The molecule has 2 fully saturated rings. The Hall–Kier alpha value is -2.31. The third kappa shape index (κ3) is 2.47. The van der Waals surface area contributed by atoms with Crippen LogP contribution in [0.3, 0.4) is 0 Å². The van der Waals surface area contributed by atoms with E-state index in [1.165, 1.54) is 12.5 Å². The molecule has 0 spiro atoms. The van der Waals surface area contributed by atoms with Gasteiger partial charge < -0.3 is 4.90 Å². The second-order valence-corrected chi connectivity index (χ2v) is 6.02. The molecule has 0 unspecified atom stereocenters. The zero-order valence-corrected chi connectivity index (χ0v) is 12.0. The van der Waals surface area contributed by atoms with Gasteiger partial charge in [-0.2, -0.15) is 5.10 Å². The summed E-state index contributed by atoms with van der Waals surface area (Å²) in [5.41, 5.74) is 0.939. The lowest BCUT2D eigenvalue weighted by atomic mass is 10.0. The molecule has 7 heteroatoms. The molecule has 0 aromatic carbocycles. The van der Waals surface area contributed by atoms with Crippen LogP contribution in [0.25, 0.3) is 0 Å². The molecule has 0 radical (unpaired) electrons. The number of halogens is 1. The molecule has 4 rings (SSSR count). The lowest BCUT2D eigenvalue weighted by Crippen LogP contribution is -2.50. The highest BCUT2D eigenvalue weighted by Crippen LogP contribution is 2.38. The molecule has 1 aliphatic carbocycles. The Morgan fingerprint density at radius 3 is 2.82 bits per heavy atom. The minimum absolute atomic E-state index is 0.0731. The zero-order valence-electron chi connectivity index (χ0n) is 12.0. The van der Waals surface area contributed by atoms with Gasteiger partial charge in [0.05, 0.1) is 18.4 Å². The van der Waals surface area contributed by atoms with Crippen molar-refractivity contribution >= 4 is 5.82 Å². The standard InChI is InChI=1S/C15H16FN5O/c16-12-5-17-9-18-15(12)20-6-10(7-20)8-21-14(22)4-3-13(19-21)11-1-2-11/h3-5,9-11H,1-2,6-8H2. The molecule has 2 aliphatic rings. The maximum absolute atomic E-state index is 13.6. The van der Waals surface area contributed by atoms with Crippen molar-refractivity contribution in [2.75, 3.05) is 18.0 Å². The monoisotopic (exact) mass is 301 g/mol. The molecule has 0 atom stereocenters. The van der Waals surface area contributed by atoms with E-state index in [4.69, 9.17) is 0 Å². The van der Waals surface area contributed by atoms with Crippen LogP contribution in [0.2, 0.25) is 0 Å². The maximum Gasteiger partial charge on any atom is 0.266 e. The lowest BCUT2D eigenvalue weighted by molar-refractivity contribution is 0.328. The van der Waals surface area contributed by atoms with Gasteiger partial charge in [0.25, 0.3) is 5.56 Å². The van der Waals surface area contributed by atoms with Gasteiger partial charge in [-0.05, 0) is 18.9 Å². The highest BCUT2D eigenvalue weighted by atomic mass is 19.1. The average Bonchev–Trinajstić information content (AvgIpc) is 3.30. The number of nitrogens with zero attached hydrogens (tertiary/aromatic N) is 5. The highest BCUT2D eigenvalue weighted by molar-refractivity contribution is 5.41. The topological polar surface area (TPSA) is 63.9 Å². The maximum atomic E-state index is 13.6. The summed E-state index contributed by atoms with van der Waals surface area (Å²) in [5.74, 6) is 0.735. The van der Waals surface area contributed by atoms with Crippen molar-refractivity contribution in [1.82, 2.24) is 19.7 Å². The van der Waals surface area contributed by atoms with Crippen LogP contribution in [0, 0.1) is 11.7 Å². The van der Waals surface area contributed by atoms with Gasteiger partial charge in [-0.3, -0.25) is 4.79 Å². The molecule has 114 valence electrons. The molecule has 1 aliphatic heterocycles. The first-order chi connectivity index (χ1) is 10.7. The van der Waals surface area contributed by atoms with Gasteiger partial charge in [0, 0.05) is 31.0 Å². The molecule has 1 saturated carbocycles. The summed E-state index contributed by atoms with van der Waals surface area (Å²) < 4.78 is 15.1. The van der Waals surface area contributed by atoms with Crippen LogP contribution in [-0.4, -0.2) is 32.8 Å². The van der Waals surface area contributed by atoms with Crippen molar-refractivity contribution in [1.29, 1.82) is 0 Å². The number of hydrogen-bond acceptors (Lipinski definition) is 5. The van der Waals surface area contributed by atoms with Crippen LogP contribution in [0.4, 0.5) is 10.2 Å². The number of hydrogen-bond donors (Lipinski definition) is 0. The summed E-state index contributed by atoms with van der Waals surface area (Å²) in [6.45, 7) is 1.92. The first-order valence-corrected chi connectivity index (χ1v) is 7.49. The Morgan fingerprint density at radius 1 is 1.27 bits per heavy atom. The third-order valence-corrected chi connectivity index (χ3v) is 4.22. The molecule has 3 heterocycles. The fourth-order valence-electron chi connectivity index (χ4n) is 2.83. The van der Waals surface area contributed by atoms with Crippen LogP contribution >= 0.6 is 0 Å². The van der Waals surface area contributed by atoms with Crippen molar-refractivity contribution in [2.24, 2.45) is 5.92 Å². The van der Waals surface area contributed by atoms with Crippen LogP contribution in [0.1, 0.15) is 24.5 Å². The van der Waals surface area contributed by atoms with Crippen molar-refractivity contribution < 1.29 is 4.39 Å². The minimum Gasteiger partial charge on any atom is -0.353 e. The second kappa shape index (κ2) is 5.15. The van der Waals surface area contributed by atoms with Crippen molar-refractivity contribution in [2.45, 2.75) is 25.3 Å². The fraction of sp³-hybridized carbons (Fsp3) is 0.467. The Labute approximate surface area is 126 Å². The molecular weight excluding hydrogens is 285 g/mol. The van der Waals surface area contributed by atoms with E-state index in [0.29, 0.717) is 31.4 Å². The first kappa shape index (κ1) is 13.4. The highest BCUT2D eigenvalue weighted by Gasteiger charge is 2.31. The van der Waals surface area contributed by atoms with Gasteiger partial charge >= 0.3 is 0 Å². The summed E-state index contributed by atoms with van der Waals surface area (Å²) >= 11 is 0. The predicted molar refractivity (Wildman–Crippen MR) is 78.2 cm³/mol. The Morgan fingerprint density at radius 2 is 2.09 bits per heavy atom. The van der Waals surface area contributed by atoms with E-state index in [1.54, 1.807) is 10.7 Å². The molecule has 0 bridgehead atoms. The van der Waals surface area contributed by atoms with E-state index >= 15 is 0 Å². The quantitative estimate of drug-likeness (QED) is 0.848. The van der Waals surface area contributed by atoms with Crippen LogP contribution < -0.4 is 10.5 Å². The van der Waals surface area contributed by atoms with E-state index in [1.807, 2.05) is 11.0 Å². The largest absolute Gasteiger partial charge is 0.353 e. The first-order valence-electron chi connectivity index (χ1n) is 7.49. The molecule has 22 heavy (non-hydrogen) atoms. The van der Waals surface area contributed by atoms with Gasteiger partial charge in [0.15, 0.2) is 11.6 Å². The summed E-state index contributed by atoms with van der Waals surface area (Å²) in [7, 11) is 0. The van der Waals surface area contributed by atoms with E-state index in [2.05, 4.69) is 15.1 Å². The summed E-state index contributed by atoms with van der Waals surface area (Å²) in [6, 6.07) is 3.43. The van der Waals surface area contributed by atoms with Gasteiger partial charge in [0.2, 0.25) is 0 Å². The van der Waals surface area contributed by atoms with Crippen LogP contribution in [0.5, 0.6) is 0 Å². The molecule has 6 nitrogen and oxygen atoms in total. The zero-order chi connectivity index (χ0) is 15.1. The third-order valence-electron chi connectivity index (χ3n) is 4.22. The van der Waals surface area contributed by atoms with Crippen molar-refractivity contribution in [3.05, 3.63) is 46.5 Å². The summed E-state index contributed by atoms with van der Waals surface area (Å²) in [5, 5.41) is 4.46. The van der Waals surface area contributed by atoms with Crippen molar-refractivity contribution in [3.8, 4) is 0 Å². The normalized spacial score (nSPS) is 18.3. The van der Waals surface area contributed by atoms with Gasteiger partial charge in [-0.1, -0.05) is 0 Å². The Kier molecular flexibility index (Phi) is 3.13. The van der Waals surface area contributed by atoms with Gasteiger partial charge in [-0.15, -0.1) is 0 Å². The van der Waals surface area contributed by atoms with Gasteiger partial charge in [0.1, 0.15) is 6.33 Å². The Bertz CT molecular complexity index is 752.